The summed E-state index contributed by atoms with van der Waals surface area (Å²) in [6.45, 7) is 0.733. The second kappa shape index (κ2) is 9.10. The quantitative estimate of drug-likeness (QED) is 0.322. The van der Waals surface area contributed by atoms with Crippen molar-refractivity contribution in [3.05, 3.63) is 53.5 Å². The van der Waals surface area contributed by atoms with Gasteiger partial charge in [-0.3, -0.25) is 28.9 Å². The maximum absolute atomic E-state index is 13.0. The molecule has 3 amide bonds. The number of rotatable bonds is 10. The van der Waals surface area contributed by atoms with Gasteiger partial charge in [-0.2, -0.15) is 5.10 Å². The van der Waals surface area contributed by atoms with Gasteiger partial charge >= 0.3 is 0 Å². The van der Waals surface area contributed by atoms with Crippen molar-refractivity contribution in [3.63, 3.8) is 0 Å². The molecule has 10 heteroatoms. The Bertz CT molecular complexity index is 1420. The van der Waals surface area contributed by atoms with Crippen LogP contribution in [0.3, 0.4) is 0 Å². The molecule has 6 rings (SSSR count). The lowest BCUT2D eigenvalue weighted by Gasteiger charge is -2.36. The molecule has 2 fully saturated rings. The highest BCUT2D eigenvalue weighted by Gasteiger charge is 2.42. The highest BCUT2D eigenvalue weighted by Crippen LogP contribution is 2.45. The van der Waals surface area contributed by atoms with Crippen LogP contribution in [-0.4, -0.2) is 56.3 Å². The van der Waals surface area contributed by atoms with Crippen LogP contribution < -0.4 is 11.1 Å². The summed E-state index contributed by atoms with van der Waals surface area (Å²) in [4.78, 5) is 53.7. The van der Waals surface area contributed by atoms with Crippen LogP contribution in [0.5, 0.6) is 0 Å². The Kier molecular flexibility index (Phi) is 5.73. The number of carbonyl (C=O) groups is 4. The number of carbonyl (C=O) groups excluding carboxylic acids is 4. The summed E-state index contributed by atoms with van der Waals surface area (Å²) >= 11 is 0. The van der Waals surface area contributed by atoms with E-state index in [9.17, 15) is 19.2 Å². The zero-order valence-electron chi connectivity index (χ0n) is 20.3. The van der Waals surface area contributed by atoms with Gasteiger partial charge in [0.05, 0.1) is 34.6 Å². The molecule has 1 unspecified atom stereocenters. The standard InChI is InChI=1S/C27H28N6O4/c28-25(35)22(2-1-9-34)32-26(36)19-6-5-17(12-21(19)27(32)37)30-13-15-10-18(11-15)33-23-14-29-8-7-20(23)24(31-33)16-3-4-16/h5-9,12,14-16,18,22,30H,1-4,10-11,13H2,(H2,28,35)/t15-,18-,22?. The molecule has 190 valence electrons. The molecule has 2 saturated carbocycles. The van der Waals surface area contributed by atoms with Gasteiger partial charge in [0.2, 0.25) is 5.91 Å². The number of nitrogens with one attached hydrogen (secondary N) is 1. The van der Waals surface area contributed by atoms with E-state index in [1.165, 1.54) is 23.9 Å². The van der Waals surface area contributed by atoms with Crippen molar-refractivity contribution in [2.24, 2.45) is 11.7 Å². The van der Waals surface area contributed by atoms with Crippen molar-refractivity contribution in [1.82, 2.24) is 19.7 Å². The molecular formula is C27H28N6O4. The molecule has 3 heterocycles. The van der Waals surface area contributed by atoms with Crippen molar-refractivity contribution in [2.45, 2.75) is 56.5 Å². The van der Waals surface area contributed by atoms with E-state index < -0.39 is 23.8 Å². The molecule has 3 N–H and O–H groups in total. The Hall–Kier alpha value is -4.08. The number of nitrogens with two attached hydrogens (primary N) is 1. The molecule has 0 spiro atoms. The van der Waals surface area contributed by atoms with Gasteiger partial charge in [-0.15, -0.1) is 0 Å². The number of aldehydes is 1. The highest BCUT2D eigenvalue weighted by molar-refractivity contribution is 6.23. The molecule has 37 heavy (non-hydrogen) atoms. The normalized spacial score (nSPS) is 21.6. The maximum Gasteiger partial charge on any atom is 0.262 e. The number of benzene rings is 1. The molecule has 2 aromatic heterocycles. The molecular weight excluding hydrogens is 472 g/mol. The van der Waals surface area contributed by atoms with Crippen LogP contribution >= 0.6 is 0 Å². The molecule has 0 saturated heterocycles. The number of anilines is 1. The van der Waals surface area contributed by atoms with Crippen molar-refractivity contribution >= 4 is 40.6 Å². The van der Waals surface area contributed by atoms with E-state index in [4.69, 9.17) is 10.8 Å². The highest BCUT2D eigenvalue weighted by atomic mass is 16.2. The maximum atomic E-state index is 13.0. The van der Waals surface area contributed by atoms with Gasteiger partial charge in [0.15, 0.2) is 0 Å². The number of pyridine rings is 1. The van der Waals surface area contributed by atoms with Crippen LogP contribution in [0, 0.1) is 5.92 Å². The third-order valence-electron chi connectivity index (χ3n) is 7.77. The van der Waals surface area contributed by atoms with E-state index in [1.807, 2.05) is 12.4 Å². The zero-order chi connectivity index (χ0) is 25.7. The van der Waals surface area contributed by atoms with Crippen LogP contribution in [0.15, 0.2) is 36.7 Å². The smallest absolute Gasteiger partial charge is 0.262 e. The number of imide groups is 1. The van der Waals surface area contributed by atoms with Crippen LogP contribution in [0.25, 0.3) is 10.9 Å². The number of nitrogens with zero attached hydrogens (tertiary/aromatic N) is 4. The fourth-order valence-electron chi connectivity index (χ4n) is 5.55. The van der Waals surface area contributed by atoms with Gasteiger partial charge in [0, 0.05) is 36.2 Å². The van der Waals surface area contributed by atoms with Crippen molar-refractivity contribution in [1.29, 1.82) is 0 Å². The summed E-state index contributed by atoms with van der Waals surface area (Å²) in [5, 5.41) is 9.57. The summed E-state index contributed by atoms with van der Waals surface area (Å²) in [5.41, 5.74) is 8.95. The fourth-order valence-corrected chi connectivity index (χ4v) is 5.55. The monoisotopic (exact) mass is 500 g/mol. The van der Waals surface area contributed by atoms with Gasteiger partial charge in [-0.25, -0.2) is 0 Å². The molecule has 1 aromatic carbocycles. The first-order valence-electron chi connectivity index (χ1n) is 12.8. The number of amides is 3. The Balaban J connectivity index is 1.10. The van der Waals surface area contributed by atoms with Gasteiger partial charge in [-0.1, -0.05) is 0 Å². The Morgan fingerprint density at radius 1 is 1.16 bits per heavy atom. The first-order chi connectivity index (χ1) is 18.0. The summed E-state index contributed by atoms with van der Waals surface area (Å²) in [5.74, 6) is -0.895. The predicted molar refractivity (Wildman–Crippen MR) is 135 cm³/mol. The molecule has 3 aliphatic rings. The molecule has 1 aliphatic heterocycles. The Morgan fingerprint density at radius 2 is 1.95 bits per heavy atom. The first kappa shape index (κ1) is 23.3. The summed E-state index contributed by atoms with van der Waals surface area (Å²) < 4.78 is 2.15. The molecule has 0 radical (unpaired) electrons. The minimum atomic E-state index is -1.14. The van der Waals surface area contributed by atoms with E-state index in [0.29, 0.717) is 24.2 Å². The van der Waals surface area contributed by atoms with Crippen LogP contribution in [0.1, 0.15) is 76.9 Å². The third-order valence-corrected chi connectivity index (χ3v) is 7.77. The van der Waals surface area contributed by atoms with Crippen molar-refractivity contribution in [2.75, 3.05) is 11.9 Å². The van der Waals surface area contributed by atoms with Crippen molar-refractivity contribution in [3.8, 4) is 0 Å². The van der Waals surface area contributed by atoms with Crippen LogP contribution in [0.4, 0.5) is 5.69 Å². The molecule has 1 atom stereocenters. The van der Waals surface area contributed by atoms with Gasteiger partial charge in [0.25, 0.3) is 11.8 Å². The van der Waals surface area contributed by atoms with Gasteiger partial charge in [0.1, 0.15) is 12.3 Å². The predicted octanol–water partition coefficient (Wildman–Crippen LogP) is 2.80. The first-order valence-corrected chi connectivity index (χ1v) is 12.8. The molecule has 2 aliphatic carbocycles. The number of hydrogen-bond donors (Lipinski definition) is 2. The summed E-state index contributed by atoms with van der Waals surface area (Å²) in [6.07, 6.45) is 8.84. The lowest BCUT2D eigenvalue weighted by Crippen LogP contribution is -2.47. The lowest BCUT2D eigenvalue weighted by atomic mass is 9.80. The van der Waals surface area contributed by atoms with Gasteiger partial charge < -0.3 is 15.8 Å². The van der Waals surface area contributed by atoms with Crippen LogP contribution in [0.2, 0.25) is 0 Å². The van der Waals surface area contributed by atoms with Gasteiger partial charge in [-0.05, 0) is 62.3 Å². The minimum Gasteiger partial charge on any atom is -0.385 e. The molecule has 0 bridgehead atoms. The average Bonchev–Trinajstić information content (AvgIpc) is 3.61. The topological polar surface area (TPSA) is 140 Å². The summed E-state index contributed by atoms with van der Waals surface area (Å²) in [7, 11) is 0. The number of fused-ring (bicyclic) bond motifs is 2. The number of primary amides is 1. The largest absolute Gasteiger partial charge is 0.385 e. The van der Waals surface area contributed by atoms with E-state index in [-0.39, 0.29) is 24.0 Å². The summed E-state index contributed by atoms with van der Waals surface area (Å²) in [6, 6.07) is 6.28. The second-order valence-corrected chi connectivity index (χ2v) is 10.3. The molecule has 3 aromatic rings. The van der Waals surface area contributed by atoms with E-state index in [1.54, 1.807) is 18.2 Å². The van der Waals surface area contributed by atoms with E-state index in [2.05, 4.69) is 21.0 Å². The SMILES string of the molecule is NC(=O)C(CCC=O)N1C(=O)c2ccc(NC[C@H]3C[C@H](n4nc(C5CC5)c5ccncc54)C3)cc2C1=O. The lowest BCUT2D eigenvalue weighted by molar-refractivity contribution is -0.122. The molecule has 10 nitrogen and oxygen atoms in total. The van der Waals surface area contributed by atoms with Crippen molar-refractivity contribution < 1.29 is 19.2 Å². The Morgan fingerprint density at radius 3 is 2.68 bits per heavy atom. The number of hydrogen-bond acceptors (Lipinski definition) is 7. The fraction of sp³-hybridized carbons (Fsp3) is 0.407. The van der Waals surface area contributed by atoms with E-state index >= 15 is 0 Å². The average molecular weight is 501 g/mol. The second-order valence-electron chi connectivity index (χ2n) is 10.3. The third kappa shape index (κ3) is 4.06. The minimum absolute atomic E-state index is 0.0159. The zero-order valence-corrected chi connectivity index (χ0v) is 20.3. The Labute approximate surface area is 213 Å². The van der Waals surface area contributed by atoms with Crippen LogP contribution in [-0.2, 0) is 9.59 Å². The van der Waals surface area contributed by atoms with E-state index in [0.717, 1.165) is 35.5 Å². The number of aromatic nitrogens is 3.